The highest BCUT2D eigenvalue weighted by atomic mass is 31.1. The van der Waals surface area contributed by atoms with Gasteiger partial charge in [0.05, 0.1) is 0 Å². The van der Waals surface area contributed by atoms with Gasteiger partial charge in [-0.05, 0) is 109 Å². The molecule has 218 valence electrons. The molecule has 2 aromatic carbocycles. The SMILES string of the molecule is c1ccc(-c2ccccc2CP(C2CCCCC2)C2CCCCC2)c(CP(C2CCCCC2)C2CCCCC2)c1. The standard InChI is InChI=1S/C38H56P2/c1-5-19-33(20-6-1)39(34-21-7-2-8-22-34)29-31-17-13-15-27-37(31)38-28-16-14-18-32(38)30-40(35-23-9-3-10-24-35)36-25-11-4-12-26-36/h13-18,27-28,33-36H,1-12,19-26,29-30H2. The number of hydrogen-bond acceptors (Lipinski definition) is 0. The summed E-state index contributed by atoms with van der Waals surface area (Å²) < 4.78 is 0. The van der Waals surface area contributed by atoms with Crippen molar-refractivity contribution in [1.29, 1.82) is 0 Å². The van der Waals surface area contributed by atoms with Gasteiger partial charge in [-0.1, -0.05) is 141 Å². The minimum absolute atomic E-state index is 0.0773. The maximum Gasteiger partial charge on any atom is -0.00620 e. The molecule has 40 heavy (non-hydrogen) atoms. The Kier molecular flexibility index (Phi) is 11.1. The monoisotopic (exact) mass is 574 g/mol. The Labute approximate surface area is 249 Å². The number of rotatable bonds is 9. The van der Waals surface area contributed by atoms with Crippen molar-refractivity contribution < 1.29 is 0 Å². The molecule has 0 amide bonds. The molecule has 4 aliphatic rings. The normalized spacial score (nSPS) is 22.8. The molecule has 6 rings (SSSR count). The Morgan fingerprint density at radius 3 is 0.950 bits per heavy atom. The number of hydrogen-bond donors (Lipinski definition) is 0. The van der Waals surface area contributed by atoms with Crippen LogP contribution in [0.4, 0.5) is 0 Å². The van der Waals surface area contributed by atoms with E-state index in [9.17, 15) is 0 Å². The fourth-order valence-electron chi connectivity index (χ4n) is 9.00. The van der Waals surface area contributed by atoms with Crippen LogP contribution in [0, 0.1) is 0 Å². The summed E-state index contributed by atoms with van der Waals surface area (Å²) in [5.74, 6) is 0. The van der Waals surface area contributed by atoms with Crippen LogP contribution in [0.1, 0.15) is 140 Å². The molecule has 0 aromatic heterocycles. The van der Waals surface area contributed by atoms with Gasteiger partial charge in [-0.2, -0.15) is 0 Å². The molecule has 0 unspecified atom stereocenters. The molecule has 4 saturated carbocycles. The summed E-state index contributed by atoms with van der Waals surface area (Å²) in [6.07, 6.45) is 32.8. The van der Waals surface area contributed by atoms with E-state index in [0.717, 1.165) is 22.6 Å². The Morgan fingerprint density at radius 1 is 0.375 bits per heavy atom. The van der Waals surface area contributed by atoms with E-state index in [0.29, 0.717) is 0 Å². The van der Waals surface area contributed by atoms with Crippen molar-refractivity contribution in [3.8, 4) is 11.1 Å². The van der Waals surface area contributed by atoms with E-state index in [1.54, 1.807) is 22.3 Å². The first-order valence-corrected chi connectivity index (χ1v) is 20.9. The lowest BCUT2D eigenvalue weighted by Gasteiger charge is -2.39. The van der Waals surface area contributed by atoms with Gasteiger partial charge in [0.25, 0.3) is 0 Å². The largest absolute Gasteiger partial charge is 0.0958 e. The first-order valence-electron chi connectivity index (χ1n) is 17.5. The second kappa shape index (κ2) is 15.2. The smallest absolute Gasteiger partial charge is 0.00620 e. The van der Waals surface area contributed by atoms with Gasteiger partial charge in [0.15, 0.2) is 0 Å². The highest BCUT2D eigenvalue weighted by Gasteiger charge is 2.33. The third-order valence-electron chi connectivity index (χ3n) is 11.2. The first kappa shape index (κ1) is 29.4. The van der Waals surface area contributed by atoms with Crippen LogP contribution in [0.15, 0.2) is 48.5 Å². The van der Waals surface area contributed by atoms with Crippen LogP contribution >= 0.6 is 15.8 Å². The van der Waals surface area contributed by atoms with Gasteiger partial charge in [0, 0.05) is 0 Å². The van der Waals surface area contributed by atoms with Crippen molar-refractivity contribution >= 4 is 15.8 Å². The van der Waals surface area contributed by atoms with E-state index in [1.807, 2.05) is 0 Å². The predicted octanol–water partition coefficient (Wildman–Crippen LogP) is 12.6. The third-order valence-corrected chi connectivity index (χ3v) is 18.4. The second-order valence-electron chi connectivity index (χ2n) is 13.8. The zero-order valence-corrected chi connectivity index (χ0v) is 27.2. The van der Waals surface area contributed by atoms with Crippen LogP contribution in [0.3, 0.4) is 0 Å². The molecule has 0 bridgehead atoms. The van der Waals surface area contributed by atoms with Crippen molar-refractivity contribution in [3.63, 3.8) is 0 Å². The summed E-state index contributed by atoms with van der Waals surface area (Å²) in [7, 11) is 0.155. The van der Waals surface area contributed by atoms with Crippen molar-refractivity contribution in [2.75, 3.05) is 0 Å². The molecule has 2 aromatic rings. The summed E-state index contributed by atoms with van der Waals surface area (Å²) in [6.45, 7) is 0. The fourth-order valence-corrected chi connectivity index (χ4v) is 16.7. The lowest BCUT2D eigenvalue weighted by Crippen LogP contribution is -2.22. The average Bonchev–Trinajstić information content (AvgIpc) is 3.04. The molecular weight excluding hydrogens is 518 g/mol. The molecule has 0 nitrogen and oxygen atoms in total. The lowest BCUT2D eigenvalue weighted by atomic mass is 9.96. The van der Waals surface area contributed by atoms with Gasteiger partial charge in [-0.15, -0.1) is 0 Å². The second-order valence-corrected chi connectivity index (χ2v) is 19.4. The minimum Gasteiger partial charge on any atom is -0.0958 e. The van der Waals surface area contributed by atoms with E-state index in [4.69, 9.17) is 0 Å². The van der Waals surface area contributed by atoms with Crippen LogP contribution in [-0.4, -0.2) is 22.6 Å². The van der Waals surface area contributed by atoms with E-state index in [-0.39, 0.29) is 15.8 Å². The number of benzene rings is 2. The highest BCUT2D eigenvalue weighted by Crippen LogP contribution is 2.60. The molecule has 2 heteroatoms. The van der Waals surface area contributed by atoms with Crippen molar-refractivity contribution in [3.05, 3.63) is 59.7 Å². The predicted molar refractivity (Wildman–Crippen MR) is 181 cm³/mol. The van der Waals surface area contributed by atoms with Crippen LogP contribution in [-0.2, 0) is 12.3 Å². The summed E-state index contributed by atoms with van der Waals surface area (Å²) >= 11 is 0. The van der Waals surface area contributed by atoms with Gasteiger partial charge in [-0.25, -0.2) is 0 Å². The molecule has 4 fully saturated rings. The van der Waals surface area contributed by atoms with Gasteiger partial charge in [-0.3, -0.25) is 0 Å². The topological polar surface area (TPSA) is 0 Å². The Morgan fingerprint density at radius 2 is 0.650 bits per heavy atom. The zero-order chi connectivity index (χ0) is 27.0. The molecule has 0 N–H and O–H groups in total. The van der Waals surface area contributed by atoms with Crippen molar-refractivity contribution in [1.82, 2.24) is 0 Å². The van der Waals surface area contributed by atoms with Crippen molar-refractivity contribution in [2.24, 2.45) is 0 Å². The average molecular weight is 575 g/mol. The quantitative estimate of drug-likeness (QED) is 0.261. The molecule has 0 aliphatic heterocycles. The van der Waals surface area contributed by atoms with E-state index < -0.39 is 0 Å². The Hall–Kier alpha value is -0.700. The van der Waals surface area contributed by atoms with E-state index >= 15 is 0 Å². The molecule has 4 aliphatic carbocycles. The highest BCUT2D eigenvalue weighted by molar-refractivity contribution is 7.58. The summed E-state index contributed by atoms with van der Waals surface area (Å²) in [5.41, 5.74) is 10.7. The molecule has 0 atom stereocenters. The maximum atomic E-state index is 2.54. The minimum atomic E-state index is 0.0773. The first-order chi connectivity index (χ1) is 19.9. The molecular formula is C38H56P2. The molecule has 0 heterocycles. The lowest BCUT2D eigenvalue weighted by molar-refractivity contribution is 0.484. The summed E-state index contributed by atoms with van der Waals surface area (Å²) in [5, 5.41) is 0. The van der Waals surface area contributed by atoms with Gasteiger partial charge >= 0.3 is 0 Å². The van der Waals surface area contributed by atoms with Gasteiger partial charge in [0.2, 0.25) is 0 Å². The molecule has 0 spiro atoms. The summed E-state index contributed by atoms with van der Waals surface area (Å²) in [4.78, 5) is 0. The Bertz CT molecular complexity index is 902. The summed E-state index contributed by atoms with van der Waals surface area (Å²) in [6, 6.07) is 19.5. The third kappa shape index (κ3) is 7.44. The van der Waals surface area contributed by atoms with E-state index in [1.165, 1.54) is 141 Å². The van der Waals surface area contributed by atoms with Gasteiger partial charge in [0.1, 0.15) is 0 Å². The zero-order valence-electron chi connectivity index (χ0n) is 25.4. The maximum absolute atomic E-state index is 2.54. The van der Waals surface area contributed by atoms with Crippen LogP contribution in [0.5, 0.6) is 0 Å². The fraction of sp³-hybridized carbons (Fsp3) is 0.684. The van der Waals surface area contributed by atoms with Gasteiger partial charge < -0.3 is 0 Å². The van der Waals surface area contributed by atoms with Crippen LogP contribution in [0.2, 0.25) is 0 Å². The van der Waals surface area contributed by atoms with Crippen molar-refractivity contribution in [2.45, 2.75) is 163 Å². The van der Waals surface area contributed by atoms with Crippen LogP contribution < -0.4 is 0 Å². The Balaban J connectivity index is 1.29. The van der Waals surface area contributed by atoms with Crippen LogP contribution in [0.25, 0.3) is 11.1 Å². The van der Waals surface area contributed by atoms with E-state index in [2.05, 4.69) is 48.5 Å². The molecule has 0 saturated heterocycles. The molecule has 0 radical (unpaired) electrons.